The van der Waals surface area contributed by atoms with Crippen molar-refractivity contribution in [1.82, 2.24) is 19.7 Å². The second-order valence-electron chi connectivity index (χ2n) is 6.24. The molecule has 144 valence electrons. The van der Waals surface area contributed by atoms with Gasteiger partial charge in [0.25, 0.3) is 0 Å². The molecule has 1 amide bonds. The number of carbonyl (C=O) groups is 1. The Kier molecular flexibility index (Phi) is 5.74. The molecule has 0 bridgehead atoms. The van der Waals surface area contributed by atoms with Crippen LogP contribution in [-0.2, 0) is 18.3 Å². The highest BCUT2D eigenvalue weighted by Crippen LogP contribution is 2.28. The molecule has 6 nitrogen and oxygen atoms in total. The second-order valence-corrected chi connectivity index (χ2v) is 9.21. The lowest BCUT2D eigenvalue weighted by atomic mass is 10.2. The van der Waals surface area contributed by atoms with Crippen LogP contribution in [0, 0.1) is 0 Å². The van der Waals surface area contributed by atoms with Gasteiger partial charge in [0.15, 0.2) is 16.1 Å². The van der Waals surface area contributed by atoms with Crippen LogP contribution in [0.1, 0.15) is 18.2 Å². The van der Waals surface area contributed by atoms with Gasteiger partial charge < -0.3 is 9.88 Å². The van der Waals surface area contributed by atoms with Gasteiger partial charge in [-0.25, -0.2) is 4.98 Å². The van der Waals surface area contributed by atoms with Crippen LogP contribution < -0.4 is 5.32 Å². The molecular formula is C19H19N5OS3. The molecule has 0 saturated heterocycles. The summed E-state index contributed by atoms with van der Waals surface area (Å²) in [5, 5.41) is 14.9. The normalized spacial score (nSPS) is 11.2. The quantitative estimate of drug-likeness (QED) is 0.426. The number of hydrogen-bond acceptors (Lipinski definition) is 7. The number of fused-ring (bicyclic) bond motifs is 1. The molecule has 0 saturated carbocycles. The Morgan fingerprint density at radius 3 is 2.96 bits per heavy atom. The topological polar surface area (TPSA) is 72.7 Å². The Hall–Kier alpha value is -2.23. The van der Waals surface area contributed by atoms with Crippen LogP contribution in [0.25, 0.3) is 21.6 Å². The summed E-state index contributed by atoms with van der Waals surface area (Å²) in [6, 6.07) is 10.0. The molecule has 0 aliphatic heterocycles. The summed E-state index contributed by atoms with van der Waals surface area (Å²) in [6.07, 6.45) is 2.21. The fourth-order valence-electron chi connectivity index (χ4n) is 2.78. The molecule has 4 rings (SSSR count). The second kappa shape index (κ2) is 8.42. The average Bonchev–Trinajstić information content (AvgIpc) is 3.38. The molecule has 3 aromatic heterocycles. The van der Waals surface area contributed by atoms with Gasteiger partial charge in [-0.15, -0.1) is 21.5 Å². The Morgan fingerprint density at radius 1 is 1.29 bits per heavy atom. The molecule has 0 spiro atoms. The first-order valence-corrected chi connectivity index (χ1v) is 11.6. The Balaban J connectivity index is 1.39. The first-order chi connectivity index (χ1) is 13.6. The number of anilines is 1. The third-order valence-corrected chi connectivity index (χ3v) is 7.08. The predicted octanol–water partition coefficient (Wildman–Crippen LogP) is 4.84. The van der Waals surface area contributed by atoms with Gasteiger partial charge in [0, 0.05) is 22.9 Å². The van der Waals surface area contributed by atoms with Crippen molar-refractivity contribution in [3.63, 3.8) is 0 Å². The van der Waals surface area contributed by atoms with Crippen LogP contribution in [0.5, 0.6) is 0 Å². The van der Waals surface area contributed by atoms with Crippen LogP contribution in [0.15, 0.2) is 40.9 Å². The smallest absolute Gasteiger partial charge is 0.236 e. The zero-order valence-corrected chi connectivity index (χ0v) is 18.0. The summed E-state index contributed by atoms with van der Waals surface area (Å²) in [5.41, 5.74) is 1.97. The standard InChI is InChI=1S/C19H19N5OS3/c1-3-6-13-9-12(10-26-13)17-22-23-19(24(17)2)27-11-16(25)21-18-20-14-7-4-5-8-15(14)28-18/h4-5,7-10H,3,6,11H2,1-2H3,(H,20,21,25). The number of thioether (sulfide) groups is 1. The molecule has 9 heteroatoms. The summed E-state index contributed by atoms with van der Waals surface area (Å²) in [5.74, 6) is 0.981. The number of thiophene rings is 1. The average molecular weight is 430 g/mol. The molecule has 3 heterocycles. The number of thiazole rings is 1. The highest BCUT2D eigenvalue weighted by Gasteiger charge is 2.15. The van der Waals surface area contributed by atoms with E-state index in [-0.39, 0.29) is 11.7 Å². The lowest BCUT2D eigenvalue weighted by Gasteiger charge is -2.03. The van der Waals surface area contributed by atoms with E-state index in [1.165, 1.54) is 28.0 Å². The third kappa shape index (κ3) is 4.11. The summed E-state index contributed by atoms with van der Waals surface area (Å²) in [7, 11) is 1.93. The van der Waals surface area contributed by atoms with Gasteiger partial charge >= 0.3 is 0 Å². The van der Waals surface area contributed by atoms with Crippen LogP contribution in [0.2, 0.25) is 0 Å². The lowest BCUT2D eigenvalue weighted by Crippen LogP contribution is -2.14. The van der Waals surface area contributed by atoms with Crippen molar-refractivity contribution >= 4 is 55.7 Å². The molecule has 0 atom stereocenters. The van der Waals surface area contributed by atoms with Crippen molar-refractivity contribution in [3.05, 3.63) is 40.6 Å². The van der Waals surface area contributed by atoms with E-state index in [1.54, 1.807) is 11.3 Å². The van der Waals surface area contributed by atoms with Gasteiger partial charge in [-0.1, -0.05) is 48.6 Å². The Bertz CT molecular complexity index is 1080. The molecule has 0 unspecified atom stereocenters. The number of hydrogen-bond donors (Lipinski definition) is 1. The van der Waals surface area contributed by atoms with Gasteiger partial charge in [-0.2, -0.15) is 0 Å². The number of carbonyl (C=O) groups excluding carboxylic acids is 1. The number of nitrogens with zero attached hydrogens (tertiary/aromatic N) is 4. The van der Waals surface area contributed by atoms with Crippen molar-refractivity contribution in [1.29, 1.82) is 0 Å². The number of amides is 1. The highest BCUT2D eigenvalue weighted by molar-refractivity contribution is 7.99. The molecule has 0 aliphatic carbocycles. The first kappa shape index (κ1) is 19.1. The van der Waals surface area contributed by atoms with Gasteiger partial charge in [0.05, 0.1) is 16.0 Å². The van der Waals surface area contributed by atoms with Crippen molar-refractivity contribution in [3.8, 4) is 11.4 Å². The maximum atomic E-state index is 12.3. The van der Waals surface area contributed by atoms with E-state index >= 15 is 0 Å². The predicted molar refractivity (Wildman–Crippen MR) is 117 cm³/mol. The molecule has 0 fully saturated rings. The largest absolute Gasteiger partial charge is 0.305 e. The Morgan fingerprint density at radius 2 is 2.14 bits per heavy atom. The zero-order valence-electron chi connectivity index (χ0n) is 15.5. The van der Waals surface area contributed by atoms with Crippen LogP contribution >= 0.6 is 34.4 Å². The van der Waals surface area contributed by atoms with Crippen LogP contribution in [0.4, 0.5) is 5.13 Å². The molecule has 0 radical (unpaired) electrons. The monoisotopic (exact) mass is 429 g/mol. The number of aryl methyl sites for hydroxylation is 1. The van der Waals surface area contributed by atoms with E-state index in [2.05, 4.69) is 38.9 Å². The summed E-state index contributed by atoms with van der Waals surface area (Å²) in [6.45, 7) is 2.18. The maximum absolute atomic E-state index is 12.3. The van der Waals surface area contributed by atoms with E-state index in [0.29, 0.717) is 5.13 Å². The van der Waals surface area contributed by atoms with Crippen molar-refractivity contribution < 1.29 is 4.79 Å². The van der Waals surface area contributed by atoms with Gasteiger partial charge in [0.1, 0.15) is 0 Å². The fourth-order valence-corrected chi connectivity index (χ4v) is 5.34. The fraction of sp³-hybridized carbons (Fsp3) is 0.263. The SMILES string of the molecule is CCCc1cc(-c2nnc(SCC(=O)Nc3nc4ccccc4s3)n2C)cs1. The summed E-state index contributed by atoms with van der Waals surface area (Å²) >= 11 is 4.60. The van der Waals surface area contributed by atoms with Gasteiger partial charge in [-0.3, -0.25) is 4.79 Å². The number of benzene rings is 1. The van der Waals surface area contributed by atoms with Crippen molar-refractivity contribution in [2.45, 2.75) is 24.9 Å². The molecule has 0 aliphatic rings. The minimum absolute atomic E-state index is 0.102. The maximum Gasteiger partial charge on any atom is 0.236 e. The number of nitrogens with one attached hydrogen (secondary N) is 1. The van der Waals surface area contributed by atoms with Crippen molar-refractivity contribution in [2.75, 3.05) is 11.1 Å². The van der Waals surface area contributed by atoms with Crippen molar-refractivity contribution in [2.24, 2.45) is 7.05 Å². The summed E-state index contributed by atoms with van der Waals surface area (Å²) < 4.78 is 2.99. The summed E-state index contributed by atoms with van der Waals surface area (Å²) in [4.78, 5) is 18.1. The van der Waals surface area contributed by atoms with E-state index < -0.39 is 0 Å². The minimum atomic E-state index is -0.102. The molecule has 1 aromatic carbocycles. The van der Waals surface area contributed by atoms with Gasteiger partial charge in [-0.05, 0) is 24.6 Å². The van der Waals surface area contributed by atoms with E-state index in [0.717, 1.165) is 39.6 Å². The van der Waals surface area contributed by atoms with Gasteiger partial charge in [0.2, 0.25) is 5.91 Å². The van der Waals surface area contributed by atoms with E-state index in [4.69, 9.17) is 0 Å². The van der Waals surface area contributed by atoms with E-state index in [9.17, 15) is 4.79 Å². The third-order valence-electron chi connectivity index (χ3n) is 4.12. The zero-order chi connectivity index (χ0) is 19.5. The molecule has 28 heavy (non-hydrogen) atoms. The minimum Gasteiger partial charge on any atom is -0.305 e. The lowest BCUT2D eigenvalue weighted by molar-refractivity contribution is -0.113. The number of para-hydroxylation sites is 1. The van der Waals surface area contributed by atoms with Crippen LogP contribution in [0.3, 0.4) is 0 Å². The molecule has 4 aromatic rings. The number of rotatable bonds is 7. The van der Waals surface area contributed by atoms with E-state index in [1.807, 2.05) is 35.9 Å². The Labute approximate surface area is 175 Å². The highest BCUT2D eigenvalue weighted by atomic mass is 32.2. The first-order valence-electron chi connectivity index (χ1n) is 8.89. The van der Waals surface area contributed by atoms with Crippen LogP contribution in [-0.4, -0.2) is 31.4 Å². The number of aromatic nitrogens is 4. The molecular weight excluding hydrogens is 410 g/mol. The molecule has 1 N–H and O–H groups in total.